The number of carbonyl (C=O) groups is 3. The number of hydrogen-bond donors (Lipinski definition) is 0. The summed E-state index contributed by atoms with van der Waals surface area (Å²) in [5, 5.41) is 0. The number of rotatable bonds is 53. The molecule has 68 heavy (non-hydrogen) atoms. The van der Waals surface area contributed by atoms with Gasteiger partial charge in [0.2, 0.25) is 0 Å². The smallest absolute Gasteiger partial charge is 0.306 e. The van der Waals surface area contributed by atoms with Gasteiger partial charge in [-0.2, -0.15) is 0 Å². The van der Waals surface area contributed by atoms with Crippen LogP contribution in [0.15, 0.2) is 60.8 Å². The fourth-order valence-electron chi connectivity index (χ4n) is 8.25. The molecule has 0 aliphatic rings. The van der Waals surface area contributed by atoms with Gasteiger partial charge in [0.1, 0.15) is 13.2 Å². The molecule has 0 saturated carbocycles. The summed E-state index contributed by atoms with van der Waals surface area (Å²) in [5.74, 6) is -0.899. The maximum atomic E-state index is 12.8. The third-order valence-electron chi connectivity index (χ3n) is 12.7. The average molecular weight is 952 g/mol. The number of allylic oxidation sites excluding steroid dienone is 10. The van der Waals surface area contributed by atoms with Crippen LogP contribution >= 0.6 is 0 Å². The van der Waals surface area contributed by atoms with Crippen molar-refractivity contribution in [2.24, 2.45) is 0 Å². The molecule has 0 aliphatic carbocycles. The highest BCUT2D eigenvalue weighted by Crippen LogP contribution is 2.15. The minimum Gasteiger partial charge on any atom is -0.462 e. The van der Waals surface area contributed by atoms with Crippen molar-refractivity contribution in [3.05, 3.63) is 60.8 Å². The van der Waals surface area contributed by atoms with E-state index >= 15 is 0 Å². The molecule has 0 rings (SSSR count). The fraction of sp³-hybridized carbons (Fsp3) is 0.790. The van der Waals surface area contributed by atoms with Crippen molar-refractivity contribution < 1.29 is 28.6 Å². The van der Waals surface area contributed by atoms with E-state index in [1.165, 1.54) is 161 Å². The van der Waals surface area contributed by atoms with E-state index in [-0.39, 0.29) is 31.1 Å². The number of esters is 3. The molecule has 0 fully saturated rings. The van der Waals surface area contributed by atoms with Crippen LogP contribution in [0.1, 0.15) is 297 Å². The Morgan fingerprint density at radius 3 is 0.882 bits per heavy atom. The summed E-state index contributed by atoms with van der Waals surface area (Å²) in [6.07, 6.45) is 70.7. The average Bonchev–Trinajstić information content (AvgIpc) is 3.34. The predicted octanol–water partition coefficient (Wildman–Crippen LogP) is 19.6. The summed E-state index contributed by atoms with van der Waals surface area (Å²) in [6, 6.07) is 0. The number of hydrogen-bond acceptors (Lipinski definition) is 6. The third-order valence-corrected chi connectivity index (χ3v) is 12.7. The second-order valence-corrected chi connectivity index (χ2v) is 19.5. The van der Waals surface area contributed by atoms with Crippen LogP contribution in [-0.4, -0.2) is 37.2 Å². The van der Waals surface area contributed by atoms with Gasteiger partial charge in [0.05, 0.1) is 0 Å². The number of carbonyl (C=O) groups excluding carboxylic acids is 3. The molecule has 0 aromatic carbocycles. The van der Waals surface area contributed by atoms with E-state index in [0.717, 1.165) is 96.3 Å². The Bertz CT molecular complexity index is 1230. The van der Waals surface area contributed by atoms with Gasteiger partial charge in [0, 0.05) is 19.3 Å². The molecular formula is C62H110O6. The van der Waals surface area contributed by atoms with Crippen LogP contribution in [0.5, 0.6) is 0 Å². The van der Waals surface area contributed by atoms with E-state index in [2.05, 4.69) is 81.5 Å². The Hall–Kier alpha value is -2.89. The van der Waals surface area contributed by atoms with Gasteiger partial charge in [-0.15, -0.1) is 0 Å². The van der Waals surface area contributed by atoms with Crippen molar-refractivity contribution in [2.45, 2.75) is 303 Å². The molecule has 0 aromatic rings. The van der Waals surface area contributed by atoms with Crippen LogP contribution in [0.2, 0.25) is 0 Å². The van der Waals surface area contributed by atoms with Gasteiger partial charge < -0.3 is 14.2 Å². The van der Waals surface area contributed by atoms with E-state index in [1.54, 1.807) is 0 Å². The molecule has 0 aromatic heterocycles. The van der Waals surface area contributed by atoms with E-state index in [0.29, 0.717) is 19.3 Å². The van der Waals surface area contributed by atoms with E-state index in [4.69, 9.17) is 14.2 Å². The first-order chi connectivity index (χ1) is 33.5. The van der Waals surface area contributed by atoms with E-state index in [1.807, 2.05) is 0 Å². The lowest BCUT2D eigenvalue weighted by atomic mass is 10.0. The third kappa shape index (κ3) is 54.1. The van der Waals surface area contributed by atoms with Gasteiger partial charge in [-0.1, -0.05) is 236 Å². The van der Waals surface area contributed by atoms with Gasteiger partial charge in [0.15, 0.2) is 6.10 Å². The van der Waals surface area contributed by atoms with Crippen molar-refractivity contribution in [1.82, 2.24) is 0 Å². The zero-order valence-corrected chi connectivity index (χ0v) is 45.1. The minimum atomic E-state index is -0.785. The van der Waals surface area contributed by atoms with Crippen LogP contribution in [0.25, 0.3) is 0 Å². The Morgan fingerprint density at radius 1 is 0.294 bits per heavy atom. The summed E-state index contributed by atoms with van der Waals surface area (Å²) >= 11 is 0. The molecule has 6 nitrogen and oxygen atoms in total. The molecule has 1 atom stereocenters. The van der Waals surface area contributed by atoms with Crippen LogP contribution < -0.4 is 0 Å². The van der Waals surface area contributed by atoms with Gasteiger partial charge in [0.25, 0.3) is 0 Å². The lowest BCUT2D eigenvalue weighted by molar-refractivity contribution is -0.167. The van der Waals surface area contributed by atoms with Crippen molar-refractivity contribution in [3.8, 4) is 0 Å². The Kier molecular flexibility index (Phi) is 54.3. The standard InChI is InChI=1S/C62H110O6/c1-4-7-10-13-16-19-22-24-26-28-29-30-31-32-33-34-36-37-40-43-46-49-52-55-61(64)67-58-59(57-66-60(63)54-51-48-45-42-39-21-18-15-12-9-6-3)68-62(65)56-53-50-47-44-41-38-35-27-25-23-20-17-14-11-8-5-2/h15,18,20,22-24,27-29,35,59H,4-14,16-17,19,21,25-26,30-34,36-58H2,1-3H3/b18-15-,23-20-,24-22-,29-28-,35-27-. The van der Waals surface area contributed by atoms with Crippen LogP contribution in [-0.2, 0) is 28.6 Å². The highest BCUT2D eigenvalue weighted by Gasteiger charge is 2.19. The Morgan fingerprint density at radius 2 is 0.544 bits per heavy atom. The first kappa shape index (κ1) is 65.1. The Labute approximate surface area is 421 Å². The van der Waals surface area contributed by atoms with Crippen LogP contribution in [0.4, 0.5) is 0 Å². The lowest BCUT2D eigenvalue weighted by Gasteiger charge is -2.18. The number of unbranched alkanes of at least 4 members (excludes halogenated alkanes) is 32. The number of ether oxygens (including phenoxy) is 3. The lowest BCUT2D eigenvalue weighted by Crippen LogP contribution is -2.30. The fourth-order valence-corrected chi connectivity index (χ4v) is 8.25. The topological polar surface area (TPSA) is 78.9 Å². The molecule has 0 heterocycles. The maximum Gasteiger partial charge on any atom is 0.306 e. The highest BCUT2D eigenvalue weighted by molar-refractivity contribution is 5.71. The molecule has 0 radical (unpaired) electrons. The summed E-state index contributed by atoms with van der Waals surface area (Å²) in [7, 11) is 0. The summed E-state index contributed by atoms with van der Waals surface area (Å²) < 4.78 is 16.8. The second kappa shape index (κ2) is 56.7. The molecule has 0 bridgehead atoms. The predicted molar refractivity (Wildman–Crippen MR) is 293 cm³/mol. The van der Waals surface area contributed by atoms with Crippen molar-refractivity contribution >= 4 is 17.9 Å². The molecule has 0 aliphatic heterocycles. The van der Waals surface area contributed by atoms with Crippen molar-refractivity contribution in [1.29, 1.82) is 0 Å². The SMILES string of the molecule is CCCC/C=C\CCCCCCCC(=O)OCC(COC(=O)CCCCCCCCCCCCC/C=C\C/C=C\CCCCCCC)OC(=O)CCCCCCC/C=C\C/C=C\CCCCCC. The zero-order valence-electron chi connectivity index (χ0n) is 45.1. The second-order valence-electron chi connectivity index (χ2n) is 19.5. The summed E-state index contributed by atoms with van der Waals surface area (Å²) in [5.41, 5.74) is 0. The minimum absolute atomic E-state index is 0.0827. The Balaban J connectivity index is 4.30. The van der Waals surface area contributed by atoms with Gasteiger partial charge in [-0.3, -0.25) is 14.4 Å². The van der Waals surface area contributed by atoms with Crippen molar-refractivity contribution in [3.63, 3.8) is 0 Å². The quantitative estimate of drug-likeness (QED) is 0.0262. The van der Waals surface area contributed by atoms with Gasteiger partial charge in [-0.05, 0) is 103 Å². The molecule has 6 heteroatoms. The monoisotopic (exact) mass is 951 g/mol. The van der Waals surface area contributed by atoms with Crippen LogP contribution in [0, 0.1) is 0 Å². The van der Waals surface area contributed by atoms with Crippen molar-refractivity contribution in [2.75, 3.05) is 13.2 Å². The molecule has 0 spiro atoms. The largest absolute Gasteiger partial charge is 0.462 e. The first-order valence-corrected chi connectivity index (χ1v) is 29.3. The summed E-state index contributed by atoms with van der Waals surface area (Å²) in [4.78, 5) is 38.1. The molecule has 1 unspecified atom stereocenters. The van der Waals surface area contributed by atoms with Gasteiger partial charge >= 0.3 is 17.9 Å². The summed E-state index contributed by atoms with van der Waals surface area (Å²) in [6.45, 7) is 6.58. The molecule has 0 amide bonds. The highest BCUT2D eigenvalue weighted by atomic mass is 16.6. The maximum absolute atomic E-state index is 12.8. The molecule has 0 N–H and O–H groups in total. The van der Waals surface area contributed by atoms with Crippen LogP contribution in [0.3, 0.4) is 0 Å². The molecular weight excluding hydrogens is 841 g/mol. The molecule has 0 saturated heterocycles. The first-order valence-electron chi connectivity index (χ1n) is 29.3. The normalized spacial score (nSPS) is 12.5. The van der Waals surface area contributed by atoms with E-state index < -0.39 is 6.10 Å². The van der Waals surface area contributed by atoms with E-state index in [9.17, 15) is 14.4 Å². The zero-order chi connectivity index (χ0) is 49.3. The molecule has 394 valence electrons. The van der Waals surface area contributed by atoms with Gasteiger partial charge in [-0.25, -0.2) is 0 Å².